The van der Waals surface area contributed by atoms with E-state index in [0.717, 1.165) is 25.9 Å². The first kappa shape index (κ1) is 14.0. The Morgan fingerprint density at radius 3 is 2.56 bits per heavy atom. The van der Waals surface area contributed by atoms with Crippen LogP contribution in [-0.4, -0.2) is 23.4 Å². The molecule has 0 aliphatic carbocycles. The number of ether oxygens (including phenoxy) is 1. The lowest BCUT2D eigenvalue weighted by Crippen LogP contribution is -2.39. The fraction of sp³-hybridized carbons (Fsp3) is 1.00. The third-order valence-electron chi connectivity index (χ3n) is 3.63. The summed E-state index contributed by atoms with van der Waals surface area (Å²) in [5, 5.41) is 10.4. The van der Waals surface area contributed by atoms with E-state index in [1.807, 2.05) is 0 Å². The molecule has 0 saturated carbocycles. The van der Waals surface area contributed by atoms with Crippen molar-refractivity contribution in [3.05, 3.63) is 0 Å². The summed E-state index contributed by atoms with van der Waals surface area (Å²) in [4.78, 5) is 0. The highest BCUT2D eigenvalue weighted by Crippen LogP contribution is 2.29. The molecule has 1 heterocycles. The summed E-state index contributed by atoms with van der Waals surface area (Å²) < 4.78 is 5.47. The van der Waals surface area contributed by atoms with Gasteiger partial charge in [-0.15, -0.1) is 0 Å². The van der Waals surface area contributed by atoms with Gasteiger partial charge in [-0.2, -0.15) is 0 Å². The van der Waals surface area contributed by atoms with Crippen molar-refractivity contribution >= 4 is 0 Å². The Morgan fingerprint density at radius 1 is 1.19 bits per heavy atom. The van der Waals surface area contributed by atoms with Gasteiger partial charge in [0.25, 0.3) is 0 Å². The summed E-state index contributed by atoms with van der Waals surface area (Å²) in [5.41, 5.74) is -0.428. The zero-order chi connectivity index (χ0) is 11.9. The smallest absolute Gasteiger partial charge is 0.0694 e. The standard InChI is InChI=1S/C14H28O2/c1-3-4-5-6-7-8-9-14(15)10-11-16-13(2)12-14/h13,15H,3-12H2,1-2H3. The quantitative estimate of drug-likeness (QED) is 0.674. The molecule has 1 saturated heterocycles. The first-order chi connectivity index (χ1) is 7.66. The van der Waals surface area contributed by atoms with Gasteiger partial charge < -0.3 is 9.84 Å². The third-order valence-corrected chi connectivity index (χ3v) is 3.63. The highest BCUT2D eigenvalue weighted by atomic mass is 16.5. The number of rotatable bonds is 7. The molecule has 0 aromatic heterocycles. The molecule has 2 atom stereocenters. The van der Waals surface area contributed by atoms with E-state index >= 15 is 0 Å². The molecule has 1 aliphatic rings. The van der Waals surface area contributed by atoms with Gasteiger partial charge in [-0.05, 0) is 19.8 Å². The van der Waals surface area contributed by atoms with E-state index in [1.165, 1.54) is 38.5 Å². The van der Waals surface area contributed by atoms with Gasteiger partial charge in [-0.3, -0.25) is 0 Å². The van der Waals surface area contributed by atoms with Gasteiger partial charge in [0.05, 0.1) is 11.7 Å². The van der Waals surface area contributed by atoms with E-state index < -0.39 is 5.60 Å². The second kappa shape index (κ2) is 7.29. The van der Waals surface area contributed by atoms with Crippen LogP contribution >= 0.6 is 0 Å². The normalized spacial score (nSPS) is 30.6. The molecule has 16 heavy (non-hydrogen) atoms. The Labute approximate surface area is 100 Å². The van der Waals surface area contributed by atoms with Crippen LogP contribution in [0.2, 0.25) is 0 Å². The van der Waals surface area contributed by atoms with Crippen molar-refractivity contribution in [2.45, 2.75) is 83.3 Å². The molecular formula is C14H28O2. The molecule has 2 unspecified atom stereocenters. The molecule has 0 radical (unpaired) electrons. The molecule has 1 N–H and O–H groups in total. The Bertz CT molecular complexity index is 182. The average Bonchev–Trinajstić information content (AvgIpc) is 2.23. The van der Waals surface area contributed by atoms with Crippen molar-refractivity contribution in [1.82, 2.24) is 0 Å². The first-order valence-corrected chi connectivity index (χ1v) is 7.00. The summed E-state index contributed by atoms with van der Waals surface area (Å²) in [6.45, 7) is 5.03. The first-order valence-electron chi connectivity index (χ1n) is 7.00. The minimum Gasteiger partial charge on any atom is -0.390 e. The topological polar surface area (TPSA) is 29.5 Å². The van der Waals surface area contributed by atoms with Crippen molar-refractivity contribution in [1.29, 1.82) is 0 Å². The van der Waals surface area contributed by atoms with Crippen molar-refractivity contribution < 1.29 is 9.84 Å². The molecule has 1 fully saturated rings. The molecule has 0 aromatic carbocycles. The number of hydrogen-bond acceptors (Lipinski definition) is 2. The number of unbranched alkanes of at least 4 members (excludes halogenated alkanes) is 5. The minimum absolute atomic E-state index is 0.235. The van der Waals surface area contributed by atoms with Crippen molar-refractivity contribution in [2.24, 2.45) is 0 Å². The Kier molecular flexibility index (Phi) is 6.37. The van der Waals surface area contributed by atoms with Crippen LogP contribution in [-0.2, 0) is 4.74 Å². The van der Waals surface area contributed by atoms with Gasteiger partial charge >= 0.3 is 0 Å². The molecule has 96 valence electrons. The second-order valence-corrected chi connectivity index (χ2v) is 5.38. The van der Waals surface area contributed by atoms with Crippen molar-refractivity contribution in [2.75, 3.05) is 6.61 Å². The van der Waals surface area contributed by atoms with Gasteiger partial charge in [-0.25, -0.2) is 0 Å². The maximum absolute atomic E-state index is 10.4. The molecule has 0 amide bonds. The maximum Gasteiger partial charge on any atom is 0.0694 e. The highest BCUT2D eigenvalue weighted by Gasteiger charge is 2.32. The average molecular weight is 228 g/mol. The molecule has 1 rings (SSSR count). The lowest BCUT2D eigenvalue weighted by atomic mass is 9.86. The zero-order valence-electron chi connectivity index (χ0n) is 11.0. The zero-order valence-corrected chi connectivity index (χ0v) is 11.0. The Morgan fingerprint density at radius 2 is 1.88 bits per heavy atom. The van der Waals surface area contributed by atoms with Gasteiger partial charge in [0.15, 0.2) is 0 Å². The second-order valence-electron chi connectivity index (χ2n) is 5.38. The van der Waals surface area contributed by atoms with E-state index in [2.05, 4.69) is 13.8 Å². The van der Waals surface area contributed by atoms with Crippen LogP contribution in [0.5, 0.6) is 0 Å². The monoisotopic (exact) mass is 228 g/mol. The number of aliphatic hydroxyl groups is 1. The Balaban J connectivity index is 2.06. The molecule has 1 aliphatic heterocycles. The van der Waals surface area contributed by atoms with Crippen LogP contribution in [0.3, 0.4) is 0 Å². The largest absolute Gasteiger partial charge is 0.390 e. The van der Waals surface area contributed by atoms with E-state index in [9.17, 15) is 5.11 Å². The molecule has 2 nitrogen and oxygen atoms in total. The summed E-state index contributed by atoms with van der Waals surface area (Å²) in [7, 11) is 0. The van der Waals surface area contributed by atoms with Crippen LogP contribution in [0.1, 0.15) is 71.6 Å². The minimum atomic E-state index is -0.428. The summed E-state index contributed by atoms with van der Waals surface area (Å²) >= 11 is 0. The molecular weight excluding hydrogens is 200 g/mol. The fourth-order valence-corrected chi connectivity index (χ4v) is 2.61. The Hall–Kier alpha value is -0.0800. The lowest BCUT2D eigenvalue weighted by molar-refractivity contribution is -0.101. The van der Waals surface area contributed by atoms with Gasteiger partial charge in [-0.1, -0.05) is 45.4 Å². The van der Waals surface area contributed by atoms with Crippen LogP contribution in [0, 0.1) is 0 Å². The van der Waals surface area contributed by atoms with E-state index in [0.29, 0.717) is 0 Å². The summed E-state index contributed by atoms with van der Waals surface area (Å²) in [6, 6.07) is 0. The predicted octanol–water partition coefficient (Wildman–Crippen LogP) is 3.67. The van der Waals surface area contributed by atoms with Crippen LogP contribution in [0.4, 0.5) is 0 Å². The van der Waals surface area contributed by atoms with E-state index in [-0.39, 0.29) is 6.10 Å². The molecule has 2 heteroatoms. The van der Waals surface area contributed by atoms with Gasteiger partial charge in [0.2, 0.25) is 0 Å². The maximum atomic E-state index is 10.4. The summed E-state index contributed by atoms with van der Waals surface area (Å²) in [6.07, 6.45) is 10.6. The number of hydrogen-bond donors (Lipinski definition) is 1. The third kappa shape index (κ3) is 5.31. The van der Waals surface area contributed by atoms with Crippen LogP contribution in [0.25, 0.3) is 0 Å². The molecule has 0 aromatic rings. The predicted molar refractivity (Wildman–Crippen MR) is 67.6 cm³/mol. The SMILES string of the molecule is CCCCCCCCC1(O)CCOC(C)C1. The fourth-order valence-electron chi connectivity index (χ4n) is 2.61. The molecule has 0 bridgehead atoms. The van der Waals surface area contributed by atoms with Crippen LogP contribution in [0.15, 0.2) is 0 Å². The van der Waals surface area contributed by atoms with Gasteiger partial charge in [0, 0.05) is 13.0 Å². The highest BCUT2D eigenvalue weighted by molar-refractivity contribution is 4.84. The van der Waals surface area contributed by atoms with Gasteiger partial charge in [0.1, 0.15) is 0 Å². The van der Waals surface area contributed by atoms with Crippen molar-refractivity contribution in [3.63, 3.8) is 0 Å². The molecule has 0 spiro atoms. The summed E-state index contributed by atoms with van der Waals surface area (Å²) in [5.74, 6) is 0. The van der Waals surface area contributed by atoms with Crippen molar-refractivity contribution in [3.8, 4) is 0 Å². The van der Waals surface area contributed by atoms with E-state index in [4.69, 9.17) is 4.74 Å². The lowest BCUT2D eigenvalue weighted by Gasteiger charge is -2.35. The van der Waals surface area contributed by atoms with E-state index in [1.54, 1.807) is 0 Å². The van der Waals surface area contributed by atoms with Crippen LogP contribution < -0.4 is 0 Å².